The number of carbonyl (C=O) groups is 2. The van der Waals surface area contributed by atoms with Crippen molar-refractivity contribution < 1.29 is 18.7 Å². The van der Waals surface area contributed by atoms with Crippen LogP contribution in [0.15, 0.2) is 29.5 Å². The third kappa shape index (κ3) is 4.09. The molecule has 2 aliphatic rings. The number of amides is 1. The minimum absolute atomic E-state index is 0.0359. The van der Waals surface area contributed by atoms with Gasteiger partial charge in [0.2, 0.25) is 5.91 Å². The summed E-state index contributed by atoms with van der Waals surface area (Å²) in [6, 6.07) is 4.35. The van der Waals surface area contributed by atoms with E-state index in [-0.39, 0.29) is 28.5 Å². The van der Waals surface area contributed by atoms with Gasteiger partial charge in [0.25, 0.3) is 0 Å². The summed E-state index contributed by atoms with van der Waals surface area (Å²) in [5.74, 6) is -1.66. The van der Waals surface area contributed by atoms with Gasteiger partial charge in [0, 0.05) is 28.6 Å². The molecule has 0 aromatic heterocycles. The Balaban J connectivity index is 1.84. The zero-order valence-corrected chi connectivity index (χ0v) is 15.6. The summed E-state index contributed by atoms with van der Waals surface area (Å²) < 4.78 is 20.0. The number of rotatable bonds is 4. The van der Waals surface area contributed by atoms with E-state index in [1.807, 2.05) is 0 Å². The Kier molecular flexibility index (Phi) is 5.97. The molecule has 1 N–H and O–H groups in total. The van der Waals surface area contributed by atoms with Gasteiger partial charge in [-0.05, 0) is 37.8 Å². The molecular formula is C20H23ClFNO3. The van der Waals surface area contributed by atoms with E-state index in [2.05, 4.69) is 5.32 Å². The molecule has 0 unspecified atom stereocenters. The van der Waals surface area contributed by atoms with E-state index in [4.69, 9.17) is 16.3 Å². The van der Waals surface area contributed by atoms with Crippen molar-refractivity contribution in [1.29, 1.82) is 0 Å². The van der Waals surface area contributed by atoms with Crippen LogP contribution in [-0.2, 0) is 14.3 Å². The Hall–Kier alpha value is -1.88. The normalized spacial score (nSPS) is 21.5. The van der Waals surface area contributed by atoms with E-state index in [0.29, 0.717) is 18.2 Å². The minimum atomic E-state index is -0.740. The van der Waals surface area contributed by atoms with Crippen LogP contribution in [0.2, 0.25) is 5.02 Å². The van der Waals surface area contributed by atoms with Crippen molar-refractivity contribution in [1.82, 2.24) is 5.32 Å². The fourth-order valence-electron chi connectivity index (χ4n) is 3.89. The number of ether oxygens (including phenoxy) is 1. The molecule has 1 amide bonds. The first-order valence-corrected chi connectivity index (χ1v) is 9.46. The molecule has 26 heavy (non-hydrogen) atoms. The van der Waals surface area contributed by atoms with Gasteiger partial charge in [-0.25, -0.2) is 9.18 Å². The zero-order chi connectivity index (χ0) is 18.7. The molecule has 1 saturated carbocycles. The van der Waals surface area contributed by atoms with E-state index in [1.165, 1.54) is 18.6 Å². The van der Waals surface area contributed by atoms with Crippen molar-refractivity contribution in [2.45, 2.75) is 51.4 Å². The predicted octanol–water partition coefficient (Wildman–Crippen LogP) is 4.48. The lowest BCUT2D eigenvalue weighted by molar-refractivity contribution is -0.141. The number of hydrogen-bond donors (Lipinski definition) is 1. The topological polar surface area (TPSA) is 55.4 Å². The summed E-state index contributed by atoms with van der Waals surface area (Å²) in [4.78, 5) is 24.8. The van der Waals surface area contributed by atoms with Crippen LogP contribution in [0.4, 0.5) is 4.39 Å². The van der Waals surface area contributed by atoms with E-state index in [0.717, 1.165) is 25.7 Å². The highest BCUT2D eigenvalue weighted by atomic mass is 35.5. The molecular weight excluding hydrogens is 357 g/mol. The maximum absolute atomic E-state index is 14.4. The maximum Gasteiger partial charge on any atom is 0.336 e. The van der Waals surface area contributed by atoms with Gasteiger partial charge in [-0.2, -0.15) is 0 Å². The lowest BCUT2D eigenvalue weighted by atomic mass is 9.84. The van der Waals surface area contributed by atoms with Gasteiger partial charge in [-0.15, -0.1) is 0 Å². The number of allylic oxidation sites excluding steroid dienone is 1. The lowest BCUT2D eigenvalue weighted by Gasteiger charge is -2.28. The summed E-state index contributed by atoms with van der Waals surface area (Å²) in [6.07, 6.45) is 5.64. The second-order valence-corrected chi connectivity index (χ2v) is 7.49. The number of benzene rings is 1. The lowest BCUT2D eigenvalue weighted by Crippen LogP contribution is -2.35. The van der Waals surface area contributed by atoms with Crippen molar-refractivity contribution >= 4 is 23.5 Å². The SMILES string of the molecule is CC1=C(C(=O)OCC2CCCCC2)[C@@H](c2c(F)cccc2Cl)CC(=O)N1. The van der Waals surface area contributed by atoms with Crippen molar-refractivity contribution in [2.75, 3.05) is 6.61 Å². The molecule has 3 rings (SSSR count). The molecule has 0 radical (unpaired) electrons. The molecule has 0 spiro atoms. The average molecular weight is 380 g/mol. The highest BCUT2D eigenvalue weighted by molar-refractivity contribution is 6.31. The summed E-state index contributed by atoms with van der Waals surface area (Å²) in [5, 5.41) is 2.86. The van der Waals surface area contributed by atoms with Crippen LogP contribution in [0.5, 0.6) is 0 Å². The standard InChI is InChI=1S/C20H23ClFNO3/c1-12-18(20(25)26-11-13-6-3-2-4-7-13)14(10-17(24)23-12)19-15(21)8-5-9-16(19)22/h5,8-9,13-14H,2-4,6-7,10-11H2,1H3,(H,23,24)/t14-/m0/s1. The van der Waals surface area contributed by atoms with Crippen molar-refractivity contribution in [3.8, 4) is 0 Å². The molecule has 0 bridgehead atoms. The first kappa shape index (κ1) is 18.9. The highest BCUT2D eigenvalue weighted by Crippen LogP contribution is 2.38. The van der Waals surface area contributed by atoms with Crippen molar-refractivity contribution in [3.05, 3.63) is 45.9 Å². The zero-order valence-electron chi connectivity index (χ0n) is 14.8. The van der Waals surface area contributed by atoms with E-state index < -0.39 is 17.7 Å². The van der Waals surface area contributed by atoms with Crippen molar-refractivity contribution in [3.63, 3.8) is 0 Å². The number of hydrogen-bond acceptors (Lipinski definition) is 3. The fourth-order valence-corrected chi connectivity index (χ4v) is 4.18. The van der Waals surface area contributed by atoms with Gasteiger partial charge < -0.3 is 10.1 Å². The number of halogens is 2. The number of esters is 1. The molecule has 1 heterocycles. The smallest absolute Gasteiger partial charge is 0.336 e. The summed E-state index contributed by atoms with van der Waals surface area (Å²) in [6.45, 7) is 2.00. The largest absolute Gasteiger partial charge is 0.462 e. The van der Waals surface area contributed by atoms with Crippen molar-refractivity contribution in [2.24, 2.45) is 5.92 Å². The Labute approximate surface area is 157 Å². The second-order valence-electron chi connectivity index (χ2n) is 7.08. The van der Waals surface area contributed by atoms with Gasteiger partial charge in [-0.1, -0.05) is 36.9 Å². The third-order valence-electron chi connectivity index (χ3n) is 5.21. The molecule has 4 nitrogen and oxygen atoms in total. The van der Waals surface area contributed by atoms with Crippen LogP contribution in [0.3, 0.4) is 0 Å². The highest BCUT2D eigenvalue weighted by Gasteiger charge is 2.35. The third-order valence-corrected chi connectivity index (χ3v) is 5.54. The van der Waals surface area contributed by atoms with Crippen LogP contribution in [-0.4, -0.2) is 18.5 Å². The van der Waals surface area contributed by atoms with Gasteiger partial charge in [0.15, 0.2) is 0 Å². The molecule has 140 valence electrons. The van der Waals surface area contributed by atoms with Crippen LogP contribution in [0, 0.1) is 11.7 Å². The molecule has 0 saturated heterocycles. The first-order chi connectivity index (χ1) is 12.5. The Morgan fingerprint density at radius 3 is 2.73 bits per heavy atom. The first-order valence-electron chi connectivity index (χ1n) is 9.09. The van der Waals surface area contributed by atoms with Crippen LogP contribution < -0.4 is 5.32 Å². The Morgan fingerprint density at radius 1 is 1.31 bits per heavy atom. The molecule has 1 aromatic carbocycles. The van der Waals surface area contributed by atoms with Crippen LogP contribution in [0.1, 0.15) is 56.9 Å². The number of nitrogens with one attached hydrogen (secondary N) is 1. The van der Waals surface area contributed by atoms with Gasteiger partial charge in [0.1, 0.15) is 5.82 Å². The molecule has 1 aliphatic carbocycles. The van der Waals surface area contributed by atoms with Gasteiger partial charge >= 0.3 is 5.97 Å². The quantitative estimate of drug-likeness (QED) is 0.785. The number of carbonyl (C=O) groups excluding carboxylic acids is 2. The molecule has 1 aromatic rings. The van der Waals surface area contributed by atoms with Crippen LogP contribution in [0.25, 0.3) is 0 Å². The average Bonchev–Trinajstić information content (AvgIpc) is 2.60. The summed E-state index contributed by atoms with van der Waals surface area (Å²) in [5.41, 5.74) is 0.861. The second kappa shape index (κ2) is 8.21. The van der Waals surface area contributed by atoms with Gasteiger partial charge in [0.05, 0.1) is 12.2 Å². The van der Waals surface area contributed by atoms with Gasteiger partial charge in [-0.3, -0.25) is 4.79 Å². The molecule has 6 heteroatoms. The monoisotopic (exact) mass is 379 g/mol. The predicted molar refractivity (Wildman–Crippen MR) is 97.1 cm³/mol. The Bertz CT molecular complexity index is 720. The molecule has 1 aliphatic heterocycles. The summed E-state index contributed by atoms with van der Waals surface area (Å²) in [7, 11) is 0. The fraction of sp³-hybridized carbons (Fsp3) is 0.500. The van der Waals surface area contributed by atoms with Crippen LogP contribution >= 0.6 is 11.6 Å². The molecule has 1 atom stereocenters. The Morgan fingerprint density at radius 2 is 2.04 bits per heavy atom. The van der Waals surface area contributed by atoms with E-state index in [1.54, 1.807) is 13.0 Å². The minimum Gasteiger partial charge on any atom is -0.462 e. The summed E-state index contributed by atoms with van der Waals surface area (Å²) >= 11 is 6.18. The molecule has 1 fully saturated rings. The van der Waals surface area contributed by atoms with E-state index >= 15 is 0 Å². The van der Waals surface area contributed by atoms with E-state index in [9.17, 15) is 14.0 Å². The maximum atomic E-state index is 14.4.